The highest BCUT2D eigenvalue weighted by molar-refractivity contribution is 7.09. The van der Waals surface area contributed by atoms with Crippen molar-refractivity contribution < 1.29 is 14.3 Å². The molecule has 0 aliphatic carbocycles. The summed E-state index contributed by atoms with van der Waals surface area (Å²) in [6.45, 7) is 0.520. The Labute approximate surface area is 125 Å². The van der Waals surface area contributed by atoms with Crippen LogP contribution in [0.5, 0.6) is 0 Å². The van der Waals surface area contributed by atoms with Gasteiger partial charge in [0, 0.05) is 18.3 Å². The summed E-state index contributed by atoms with van der Waals surface area (Å²) in [5, 5.41) is 15.0. The van der Waals surface area contributed by atoms with Gasteiger partial charge in [-0.05, 0) is 24.2 Å². The lowest BCUT2D eigenvalue weighted by Gasteiger charge is -2.11. The molecule has 2 rings (SSSR count). The van der Waals surface area contributed by atoms with Crippen LogP contribution in [0.25, 0.3) is 0 Å². The molecule has 1 unspecified atom stereocenters. The number of rotatable bonds is 6. The lowest BCUT2D eigenvalue weighted by molar-refractivity contribution is 0.0912. The van der Waals surface area contributed by atoms with E-state index in [9.17, 15) is 14.3 Å². The number of halogens is 1. The molecular formula is C14H16FN3O2S. The minimum atomic E-state index is -0.892. The second kappa shape index (κ2) is 7.26. The number of nitrogens with one attached hydrogen (secondary N) is 1. The number of amides is 1. The van der Waals surface area contributed by atoms with Crippen LogP contribution in [-0.2, 0) is 6.42 Å². The van der Waals surface area contributed by atoms with Gasteiger partial charge in [-0.15, -0.1) is 11.3 Å². The fraction of sp³-hybridized carbons (Fsp3) is 0.286. The van der Waals surface area contributed by atoms with Gasteiger partial charge in [-0.1, -0.05) is 12.1 Å². The largest absolute Gasteiger partial charge is 0.387 e. The van der Waals surface area contributed by atoms with Crippen LogP contribution in [0.4, 0.5) is 4.39 Å². The first-order valence-electron chi connectivity index (χ1n) is 6.46. The number of nitrogens with two attached hydrogens (primary N) is 1. The predicted molar refractivity (Wildman–Crippen MR) is 78.6 cm³/mol. The molecule has 7 heteroatoms. The number of carbonyl (C=O) groups excluding carboxylic acids is 1. The Morgan fingerprint density at radius 3 is 2.81 bits per heavy atom. The van der Waals surface area contributed by atoms with Crippen molar-refractivity contribution in [1.82, 2.24) is 10.3 Å². The van der Waals surface area contributed by atoms with E-state index in [0.29, 0.717) is 24.2 Å². The number of hydrogen-bond donors (Lipinski definition) is 3. The zero-order valence-corrected chi connectivity index (χ0v) is 12.1. The van der Waals surface area contributed by atoms with Crippen molar-refractivity contribution >= 4 is 17.2 Å². The molecule has 1 aromatic heterocycles. The zero-order chi connectivity index (χ0) is 15.2. The summed E-state index contributed by atoms with van der Waals surface area (Å²) in [5.41, 5.74) is 6.28. The highest BCUT2D eigenvalue weighted by Gasteiger charge is 2.13. The Morgan fingerprint density at radius 1 is 1.43 bits per heavy atom. The van der Waals surface area contributed by atoms with Crippen LogP contribution in [0, 0.1) is 5.82 Å². The molecule has 1 amide bonds. The maximum Gasteiger partial charge on any atom is 0.270 e. The van der Waals surface area contributed by atoms with E-state index >= 15 is 0 Å². The molecule has 0 aliphatic rings. The van der Waals surface area contributed by atoms with Crippen molar-refractivity contribution in [2.45, 2.75) is 12.5 Å². The number of nitrogens with zero attached hydrogens (tertiary/aromatic N) is 1. The van der Waals surface area contributed by atoms with E-state index in [0.717, 1.165) is 5.01 Å². The van der Waals surface area contributed by atoms with Crippen molar-refractivity contribution in [2.24, 2.45) is 5.73 Å². The molecule has 4 N–H and O–H groups in total. The maximum absolute atomic E-state index is 12.8. The topological polar surface area (TPSA) is 88.2 Å². The molecule has 112 valence electrons. The standard InChI is InChI=1S/C14H16FN3O2S/c15-10-3-1-9(2-4-10)12(19)7-17-14(20)11-8-21-13(18-11)5-6-16/h1-4,8,12,19H,5-7,16H2,(H,17,20). The molecule has 1 atom stereocenters. The Balaban J connectivity index is 1.89. The minimum absolute atomic E-state index is 0.0359. The number of benzene rings is 1. The SMILES string of the molecule is NCCc1nc(C(=O)NCC(O)c2ccc(F)cc2)cs1. The number of aliphatic hydroxyl groups excluding tert-OH is 1. The Morgan fingerprint density at radius 2 is 2.14 bits per heavy atom. The van der Waals surface area contributed by atoms with Gasteiger partial charge < -0.3 is 16.2 Å². The van der Waals surface area contributed by atoms with E-state index in [4.69, 9.17) is 5.73 Å². The number of carbonyl (C=O) groups is 1. The number of hydrogen-bond acceptors (Lipinski definition) is 5. The van der Waals surface area contributed by atoms with E-state index in [1.807, 2.05) is 0 Å². The summed E-state index contributed by atoms with van der Waals surface area (Å²) >= 11 is 1.38. The third-order valence-electron chi connectivity index (χ3n) is 2.85. The lowest BCUT2D eigenvalue weighted by Crippen LogP contribution is -2.28. The van der Waals surface area contributed by atoms with Gasteiger partial charge in [0.2, 0.25) is 0 Å². The van der Waals surface area contributed by atoms with Gasteiger partial charge in [0.25, 0.3) is 5.91 Å². The van der Waals surface area contributed by atoms with Gasteiger partial charge in [0.15, 0.2) is 0 Å². The molecule has 1 aromatic carbocycles. The summed E-state index contributed by atoms with van der Waals surface area (Å²) in [7, 11) is 0. The third kappa shape index (κ3) is 4.32. The van der Waals surface area contributed by atoms with Crippen LogP contribution in [0.2, 0.25) is 0 Å². The Hall–Kier alpha value is -1.83. The Kier molecular flexibility index (Phi) is 5.38. The molecule has 21 heavy (non-hydrogen) atoms. The van der Waals surface area contributed by atoms with Crippen molar-refractivity contribution in [1.29, 1.82) is 0 Å². The van der Waals surface area contributed by atoms with Crippen molar-refractivity contribution in [2.75, 3.05) is 13.1 Å². The number of thiazole rings is 1. The van der Waals surface area contributed by atoms with E-state index in [1.165, 1.54) is 35.6 Å². The fourth-order valence-electron chi connectivity index (χ4n) is 1.74. The molecule has 2 aromatic rings. The van der Waals surface area contributed by atoms with Crippen LogP contribution in [0.1, 0.15) is 27.2 Å². The van der Waals surface area contributed by atoms with Gasteiger partial charge in [-0.25, -0.2) is 9.37 Å². The first-order chi connectivity index (χ1) is 10.1. The highest BCUT2D eigenvalue weighted by atomic mass is 32.1. The molecule has 0 aliphatic heterocycles. The zero-order valence-electron chi connectivity index (χ0n) is 11.3. The van der Waals surface area contributed by atoms with Crippen LogP contribution in [0.15, 0.2) is 29.6 Å². The molecular weight excluding hydrogens is 293 g/mol. The second-order valence-electron chi connectivity index (χ2n) is 4.44. The summed E-state index contributed by atoms with van der Waals surface area (Å²) in [4.78, 5) is 16.0. The number of aliphatic hydroxyl groups is 1. The van der Waals surface area contributed by atoms with E-state index in [1.54, 1.807) is 5.38 Å². The molecule has 0 fully saturated rings. The molecule has 0 saturated heterocycles. The van der Waals surface area contributed by atoms with Crippen molar-refractivity contribution in [3.05, 3.63) is 51.7 Å². The van der Waals surface area contributed by atoms with Crippen LogP contribution < -0.4 is 11.1 Å². The number of aromatic nitrogens is 1. The first-order valence-corrected chi connectivity index (χ1v) is 7.34. The minimum Gasteiger partial charge on any atom is -0.387 e. The molecule has 0 radical (unpaired) electrons. The van der Waals surface area contributed by atoms with Crippen LogP contribution in [-0.4, -0.2) is 29.1 Å². The second-order valence-corrected chi connectivity index (χ2v) is 5.39. The molecule has 0 spiro atoms. The lowest BCUT2D eigenvalue weighted by atomic mass is 10.1. The van der Waals surface area contributed by atoms with Crippen molar-refractivity contribution in [3.63, 3.8) is 0 Å². The van der Waals surface area contributed by atoms with Gasteiger partial charge in [-0.3, -0.25) is 4.79 Å². The maximum atomic E-state index is 12.8. The summed E-state index contributed by atoms with van der Waals surface area (Å²) in [6, 6.07) is 5.49. The van der Waals surface area contributed by atoms with Gasteiger partial charge in [0.05, 0.1) is 11.1 Å². The van der Waals surface area contributed by atoms with Crippen LogP contribution in [0.3, 0.4) is 0 Å². The quantitative estimate of drug-likeness (QED) is 0.749. The van der Waals surface area contributed by atoms with Gasteiger partial charge in [-0.2, -0.15) is 0 Å². The normalized spacial score (nSPS) is 12.1. The van der Waals surface area contributed by atoms with Crippen LogP contribution >= 0.6 is 11.3 Å². The summed E-state index contributed by atoms with van der Waals surface area (Å²) in [5.74, 6) is -0.722. The average molecular weight is 309 g/mol. The predicted octanol–water partition coefficient (Wildman–Crippen LogP) is 1.25. The van der Waals surface area contributed by atoms with E-state index < -0.39 is 6.10 Å². The van der Waals surface area contributed by atoms with E-state index in [2.05, 4.69) is 10.3 Å². The highest BCUT2D eigenvalue weighted by Crippen LogP contribution is 2.13. The first kappa shape index (κ1) is 15.6. The average Bonchev–Trinajstić information content (AvgIpc) is 2.94. The van der Waals surface area contributed by atoms with E-state index in [-0.39, 0.29) is 18.3 Å². The van der Waals surface area contributed by atoms with Crippen molar-refractivity contribution in [3.8, 4) is 0 Å². The molecule has 5 nitrogen and oxygen atoms in total. The molecule has 0 bridgehead atoms. The third-order valence-corrected chi connectivity index (χ3v) is 3.76. The monoisotopic (exact) mass is 309 g/mol. The summed E-state index contributed by atoms with van der Waals surface area (Å²) in [6.07, 6.45) is -0.257. The Bertz CT molecular complexity index is 601. The molecule has 1 heterocycles. The van der Waals surface area contributed by atoms with Gasteiger partial charge >= 0.3 is 0 Å². The smallest absolute Gasteiger partial charge is 0.270 e. The molecule has 0 saturated carbocycles. The van der Waals surface area contributed by atoms with Gasteiger partial charge in [0.1, 0.15) is 11.5 Å². The summed E-state index contributed by atoms with van der Waals surface area (Å²) < 4.78 is 12.8. The fourth-order valence-corrected chi connectivity index (χ4v) is 2.53.